The summed E-state index contributed by atoms with van der Waals surface area (Å²) in [5, 5.41) is 28.9. The number of likely N-dealkylation sites (tertiary alicyclic amines) is 1. The lowest BCUT2D eigenvalue weighted by Gasteiger charge is -2.70. The molecule has 7 bridgehead atoms. The molecule has 1 aliphatic heterocycles. The minimum Gasteiger partial charge on any atom is -0.454 e. The number of aromatic nitrogens is 1. The molecule has 1 spiro atoms. The fourth-order valence-corrected chi connectivity index (χ4v) is 12.6. The van der Waals surface area contributed by atoms with Gasteiger partial charge in [0, 0.05) is 80.7 Å². The highest BCUT2D eigenvalue weighted by atomic mass is 16.6. The number of carbonyl (C=O) groups excluding carboxylic acids is 2. The quantitative estimate of drug-likeness (QED) is 0.260. The summed E-state index contributed by atoms with van der Waals surface area (Å²) in [7, 11) is 5.06. The molecule has 11 nitrogen and oxygen atoms in total. The summed E-state index contributed by atoms with van der Waals surface area (Å²) in [6.45, 7) is 6.94. The minimum atomic E-state index is -1.51. The fourth-order valence-electron chi connectivity index (χ4n) is 12.6. The molecule has 0 radical (unpaired) electrons. The van der Waals surface area contributed by atoms with Gasteiger partial charge in [0.1, 0.15) is 16.8 Å². The number of para-hydroxylation sites is 1. The number of carbonyl (C=O) groups is 2. The van der Waals surface area contributed by atoms with Crippen molar-refractivity contribution in [2.24, 2.45) is 29.1 Å². The Morgan fingerprint density at radius 3 is 2.53 bits per heavy atom. The number of aryl methyl sites for hydroxylation is 1. The van der Waals surface area contributed by atoms with Gasteiger partial charge in [-0.25, -0.2) is 4.79 Å². The molecular weight excluding hydrogens is 650 g/mol. The molecule has 11 heteroatoms. The molecule has 1 amide bonds. The molecule has 2 heterocycles. The molecule has 1 aromatic heterocycles. The molecule has 5 saturated carbocycles. The highest BCUT2D eigenvalue weighted by molar-refractivity contribution is 6.09. The molecule has 6 fully saturated rings. The van der Waals surface area contributed by atoms with Crippen molar-refractivity contribution in [3.8, 4) is 0 Å². The first-order chi connectivity index (χ1) is 24.4. The van der Waals surface area contributed by atoms with E-state index in [1.807, 2.05) is 25.1 Å². The van der Waals surface area contributed by atoms with Crippen LogP contribution in [0.4, 0.5) is 5.69 Å². The lowest BCUT2D eigenvalue weighted by Crippen LogP contribution is -2.83. The Bertz CT molecular complexity index is 1770. The van der Waals surface area contributed by atoms with Crippen molar-refractivity contribution in [3.63, 3.8) is 0 Å². The van der Waals surface area contributed by atoms with Crippen LogP contribution in [0, 0.1) is 36.0 Å². The van der Waals surface area contributed by atoms with Crippen LogP contribution in [0.15, 0.2) is 48.0 Å². The third-order valence-corrected chi connectivity index (χ3v) is 14.2. The predicted octanol–water partition coefficient (Wildman–Crippen LogP) is 4.01. The van der Waals surface area contributed by atoms with Crippen LogP contribution in [-0.2, 0) is 23.7 Å². The van der Waals surface area contributed by atoms with E-state index in [1.54, 1.807) is 58.6 Å². The minimum absolute atomic E-state index is 0.0732. The molecule has 5 aliphatic carbocycles. The Labute approximate surface area is 299 Å². The Balaban J connectivity index is 1.16. The van der Waals surface area contributed by atoms with Gasteiger partial charge in [0.25, 0.3) is 5.91 Å². The van der Waals surface area contributed by atoms with Gasteiger partial charge < -0.3 is 34.5 Å². The zero-order valence-electron chi connectivity index (χ0n) is 30.4. The van der Waals surface area contributed by atoms with Gasteiger partial charge in [0.2, 0.25) is 0 Å². The molecule has 2 aromatic rings. The Morgan fingerprint density at radius 2 is 1.82 bits per heavy atom. The zero-order valence-corrected chi connectivity index (χ0v) is 30.4. The van der Waals surface area contributed by atoms with E-state index < -0.39 is 34.3 Å². The normalized spacial score (nSPS) is 42.1. The van der Waals surface area contributed by atoms with Crippen molar-refractivity contribution in [3.05, 3.63) is 65.0 Å². The molecule has 1 aromatic carbocycles. The molecule has 51 heavy (non-hydrogen) atoms. The standard InChI is InChI=1S/C40H51N3O8/c1-7-43-21-37(51-36(45)25-13-8-9-14-28(25)42-35(44)22(2)17-24-12-10-11-23(3)41-24)16-15-32(49-5)39-30(37)19-27(33(39)43)38(46)20-29(48-4)26-18-31(39)40(38,47)34(26)50-6/h8-14,17,26-27,29-34,46-47H,7,15-16,18-21H2,1-6H3,(H,42,44)/b22-17+/t26-,27-,29+,30-,31+,32+,33?,34+,37-,38+,39+,40+/m1/s1. The van der Waals surface area contributed by atoms with Crippen LogP contribution < -0.4 is 5.32 Å². The number of hydrogen-bond acceptors (Lipinski definition) is 10. The number of amides is 1. The van der Waals surface area contributed by atoms with Gasteiger partial charge in [-0.05, 0) is 76.4 Å². The topological polar surface area (TPSA) is 140 Å². The molecule has 6 aliphatic rings. The molecule has 1 saturated heterocycles. The number of anilines is 1. The molecule has 274 valence electrons. The van der Waals surface area contributed by atoms with Gasteiger partial charge >= 0.3 is 5.97 Å². The maximum atomic E-state index is 14.5. The average Bonchev–Trinajstić information content (AvgIpc) is 3.54. The van der Waals surface area contributed by atoms with Gasteiger partial charge in [-0.1, -0.05) is 25.1 Å². The predicted molar refractivity (Wildman–Crippen MR) is 189 cm³/mol. The summed E-state index contributed by atoms with van der Waals surface area (Å²) in [5.41, 5.74) is -1.84. The summed E-state index contributed by atoms with van der Waals surface area (Å²) in [4.78, 5) is 34.8. The fraction of sp³-hybridized carbons (Fsp3) is 0.625. The number of nitrogens with zero attached hydrogens (tertiary/aromatic N) is 2. The summed E-state index contributed by atoms with van der Waals surface area (Å²) in [5.74, 6) is -1.78. The van der Waals surface area contributed by atoms with Crippen LogP contribution in [0.5, 0.6) is 0 Å². The van der Waals surface area contributed by atoms with Gasteiger partial charge in [-0.15, -0.1) is 0 Å². The SMILES string of the molecule is CCN1C[C@]2(OC(=O)c3ccccc3NC(=O)/C(C)=C/c3cccc(C)n3)CC[C@H](OC)[C@]34C1[C@@H](C[C@H]23)[C@@]1(O)C[C@H](OC)[C@H]2C[C@@H]4[C@]1(O)[C@H]2OC. The number of hydrogen-bond donors (Lipinski definition) is 3. The van der Waals surface area contributed by atoms with E-state index in [-0.39, 0.29) is 53.4 Å². The first-order valence-electron chi connectivity index (χ1n) is 18.5. The number of benzene rings is 1. The van der Waals surface area contributed by atoms with E-state index in [1.165, 1.54) is 0 Å². The van der Waals surface area contributed by atoms with Gasteiger partial charge in [-0.2, -0.15) is 0 Å². The number of pyridine rings is 1. The second kappa shape index (κ2) is 12.2. The van der Waals surface area contributed by atoms with Gasteiger partial charge in [0.05, 0.1) is 35.3 Å². The van der Waals surface area contributed by atoms with Crippen LogP contribution in [-0.4, -0.2) is 108 Å². The highest BCUT2D eigenvalue weighted by Crippen LogP contribution is 2.79. The monoisotopic (exact) mass is 701 g/mol. The van der Waals surface area contributed by atoms with Crippen molar-refractivity contribution in [1.82, 2.24) is 9.88 Å². The second-order valence-electron chi connectivity index (χ2n) is 16.0. The van der Waals surface area contributed by atoms with Crippen molar-refractivity contribution in [1.29, 1.82) is 0 Å². The molecule has 3 N–H and O–H groups in total. The van der Waals surface area contributed by atoms with E-state index in [0.717, 1.165) is 5.69 Å². The van der Waals surface area contributed by atoms with Crippen molar-refractivity contribution in [2.75, 3.05) is 39.7 Å². The van der Waals surface area contributed by atoms with Crippen molar-refractivity contribution >= 4 is 23.6 Å². The maximum Gasteiger partial charge on any atom is 0.340 e. The number of piperidine rings is 1. The largest absolute Gasteiger partial charge is 0.454 e. The van der Waals surface area contributed by atoms with Gasteiger partial charge in [0.15, 0.2) is 0 Å². The summed E-state index contributed by atoms with van der Waals surface area (Å²) in [6, 6.07) is 12.5. The number of fused-ring (bicyclic) bond motifs is 2. The third-order valence-electron chi connectivity index (χ3n) is 14.2. The lowest BCUT2D eigenvalue weighted by molar-refractivity contribution is -0.337. The Hall–Kier alpha value is -3.19. The van der Waals surface area contributed by atoms with E-state index in [4.69, 9.17) is 18.9 Å². The van der Waals surface area contributed by atoms with Crippen LogP contribution in [0.25, 0.3) is 6.08 Å². The zero-order chi connectivity index (χ0) is 36.1. The molecular formula is C40H51N3O8. The number of ether oxygens (including phenoxy) is 4. The van der Waals surface area contributed by atoms with E-state index in [0.29, 0.717) is 62.1 Å². The molecule has 8 rings (SSSR count). The number of aliphatic hydroxyl groups is 2. The average molecular weight is 702 g/mol. The third kappa shape index (κ3) is 4.54. The van der Waals surface area contributed by atoms with Crippen LogP contribution in [0.3, 0.4) is 0 Å². The number of esters is 1. The van der Waals surface area contributed by atoms with E-state index in [9.17, 15) is 19.8 Å². The van der Waals surface area contributed by atoms with Crippen LogP contribution >= 0.6 is 0 Å². The Kier molecular flexibility index (Phi) is 8.33. The number of rotatable bonds is 9. The molecule has 1 unspecified atom stereocenters. The van der Waals surface area contributed by atoms with Crippen LogP contribution in [0.2, 0.25) is 0 Å². The van der Waals surface area contributed by atoms with Crippen molar-refractivity contribution < 1.29 is 38.7 Å². The summed E-state index contributed by atoms with van der Waals surface area (Å²) < 4.78 is 25.3. The second-order valence-corrected chi connectivity index (χ2v) is 16.0. The smallest absolute Gasteiger partial charge is 0.340 e. The number of likely N-dealkylation sites (N-methyl/N-ethyl adjacent to an activating group) is 1. The Morgan fingerprint density at radius 1 is 1.04 bits per heavy atom. The molecule has 12 atom stereocenters. The lowest BCUT2D eigenvalue weighted by atomic mass is 9.44. The highest BCUT2D eigenvalue weighted by Gasteiger charge is 2.89. The number of methoxy groups -OCH3 is 3. The van der Waals surface area contributed by atoms with E-state index >= 15 is 0 Å². The van der Waals surface area contributed by atoms with Gasteiger partial charge in [-0.3, -0.25) is 14.7 Å². The van der Waals surface area contributed by atoms with Crippen molar-refractivity contribution in [2.45, 2.75) is 94.0 Å². The van der Waals surface area contributed by atoms with E-state index in [2.05, 4.69) is 22.1 Å². The summed E-state index contributed by atoms with van der Waals surface area (Å²) >= 11 is 0. The number of nitrogens with one attached hydrogen (secondary N) is 1. The first-order valence-corrected chi connectivity index (χ1v) is 18.5. The van der Waals surface area contributed by atoms with Crippen LogP contribution in [0.1, 0.15) is 67.7 Å². The maximum absolute atomic E-state index is 14.5. The summed E-state index contributed by atoms with van der Waals surface area (Å²) in [6.07, 6.45) is 3.44. The first kappa shape index (κ1) is 34.9.